The van der Waals surface area contributed by atoms with E-state index in [1.807, 2.05) is 6.07 Å². The lowest BCUT2D eigenvalue weighted by Crippen LogP contribution is -2.42. The van der Waals surface area contributed by atoms with Crippen LogP contribution >= 0.6 is 0 Å². The van der Waals surface area contributed by atoms with Gasteiger partial charge in [-0.25, -0.2) is 0 Å². The monoisotopic (exact) mass is 219 g/mol. The molecule has 2 aliphatic rings. The molecule has 3 nitrogen and oxygen atoms in total. The van der Waals surface area contributed by atoms with Crippen LogP contribution < -0.4 is 10.1 Å². The van der Waals surface area contributed by atoms with Crippen LogP contribution in [0, 0.1) is 5.92 Å². The minimum Gasteiger partial charge on any atom is -0.508 e. The van der Waals surface area contributed by atoms with Gasteiger partial charge in [0.15, 0.2) is 0 Å². The number of phenolic OH excluding ortho intramolecular Hbond substituents is 1. The highest BCUT2D eigenvalue weighted by atomic mass is 16.5. The molecule has 1 aliphatic carbocycles. The van der Waals surface area contributed by atoms with Gasteiger partial charge >= 0.3 is 0 Å². The van der Waals surface area contributed by atoms with Crippen LogP contribution in [0.25, 0.3) is 0 Å². The van der Waals surface area contributed by atoms with Crippen molar-refractivity contribution in [3.8, 4) is 11.5 Å². The summed E-state index contributed by atoms with van der Waals surface area (Å²) in [5.41, 5.74) is 1.18. The topological polar surface area (TPSA) is 41.5 Å². The van der Waals surface area contributed by atoms with Gasteiger partial charge in [0.2, 0.25) is 0 Å². The molecule has 2 N–H and O–H groups in total. The van der Waals surface area contributed by atoms with E-state index in [2.05, 4.69) is 12.2 Å². The summed E-state index contributed by atoms with van der Waals surface area (Å²) < 4.78 is 5.57. The van der Waals surface area contributed by atoms with E-state index in [1.54, 1.807) is 12.1 Å². The standard InChI is InChI=1S/C13H17NO2/c1-8-4-9(5-8)14-12-7-16-13-6-10(15)2-3-11(12)13/h2-3,6,8-9,12,14-15H,4-5,7H2,1H3. The first-order valence-electron chi connectivity index (χ1n) is 5.94. The predicted molar refractivity (Wildman–Crippen MR) is 61.7 cm³/mol. The van der Waals surface area contributed by atoms with Gasteiger partial charge < -0.3 is 15.2 Å². The van der Waals surface area contributed by atoms with Gasteiger partial charge in [-0.2, -0.15) is 0 Å². The van der Waals surface area contributed by atoms with E-state index in [0.717, 1.165) is 11.7 Å². The number of ether oxygens (including phenoxy) is 1. The first kappa shape index (κ1) is 9.97. The molecule has 0 radical (unpaired) electrons. The van der Waals surface area contributed by atoms with Gasteiger partial charge in [-0.3, -0.25) is 0 Å². The number of fused-ring (bicyclic) bond motifs is 1. The largest absolute Gasteiger partial charge is 0.508 e. The Morgan fingerprint density at radius 3 is 2.94 bits per heavy atom. The first-order chi connectivity index (χ1) is 7.72. The molecule has 1 fully saturated rings. The maximum Gasteiger partial charge on any atom is 0.127 e. The van der Waals surface area contributed by atoms with Crippen LogP contribution in [0.5, 0.6) is 11.5 Å². The molecule has 1 aromatic carbocycles. The fourth-order valence-corrected chi connectivity index (χ4v) is 2.66. The van der Waals surface area contributed by atoms with E-state index in [0.29, 0.717) is 18.7 Å². The summed E-state index contributed by atoms with van der Waals surface area (Å²) in [7, 11) is 0. The molecule has 86 valence electrons. The average Bonchev–Trinajstić information content (AvgIpc) is 2.58. The zero-order chi connectivity index (χ0) is 11.1. The van der Waals surface area contributed by atoms with E-state index in [-0.39, 0.29) is 5.75 Å². The number of hydrogen-bond donors (Lipinski definition) is 2. The second-order valence-electron chi connectivity index (χ2n) is 5.03. The normalized spacial score (nSPS) is 31.7. The van der Waals surface area contributed by atoms with Crippen molar-refractivity contribution >= 4 is 0 Å². The van der Waals surface area contributed by atoms with Gasteiger partial charge in [-0.15, -0.1) is 0 Å². The number of rotatable bonds is 2. The highest BCUT2D eigenvalue weighted by Gasteiger charge is 2.31. The van der Waals surface area contributed by atoms with Crippen LogP contribution in [0.3, 0.4) is 0 Å². The molecular formula is C13H17NO2. The molecule has 0 aromatic heterocycles. The number of nitrogens with one attached hydrogen (secondary N) is 1. The summed E-state index contributed by atoms with van der Waals surface area (Å²) >= 11 is 0. The van der Waals surface area contributed by atoms with Crippen LogP contribution in [0.4, 0.5) is 0 Å². The maximum absolute atomic E-state index is 9.36. The third-order valence-electron chi connectivity index (χ3n) is 3.59. The average molecular weight is 219 g/mol. The summed E-state index contributed by atoms with van der Waals surface area (Å²) in [6, 6.07) is 6.32. The highest BCUT2D eigenvalue weighted by Crippen LogP contribution is 2.37. The van der Waals surface area contributed by atoms with E-state index < -0.39 is 0 Å². The Morgan fingerprint density at radius 1 is 1.38 bits per heavy atom. The molecule has 1 atom stereocenters. The molecule has 1 aliphatic heterocycles. The lowest BCUT2D eigenvalue weighted by atomic mass is 9.81. The van der Waals surface area contributed by atoms with Gasteiger partial charge in [0.25, 0.3) is 0 Å². The van der Waals surface area contributed by atoms with Crippen molar-refractivity contribution in [1.82, 2.24) is 5.32 Å². The van der Waals surface area contributed by atoms with Crippen LogP contribution in [-0.2, 0) is 0 Å². The Kier molecular flexibility index (Phi) is 2.28. The van der Waals surface area contributed by atoms with Crippen molar-refractivity contribution in [2.24, 2.45) is 5.92 Å². The molecule has 0 amide bonds. The summed E-state index contributed by atoms with van der Waals surface area (Å²) in [5.74, 6) is 1.96. The number of aromatic hydroxyl groups is 1. The summed E-state index contributed by atoms with van der Waals surface area (Å²) in [6.45, 7) is 2.97. The van der Waals surface area contributed by atoms with Crippen molar-refractivity contribution in [1.29, 1.82) is 0 Å². The Bertz CT molecular complexity index is 399. The molecule has 0 saturated heterocycles. The predicted octanol–water partition coefficient (Wildman–Crippen LogP) is 2.21. The zero-order valence-electron chi connectivity index (χ0n) is 9.44. The lowest BCUT2D eigenvalue weighted by molar-refractivity contribution is 0.205. The summed E-state index contributed by atoms with van der Waals surface area (Å²) in [5, 5.41) is 13.0. The quantitative estimate of drug-likeness (QED) is 0.801. The fraction of sp³-hybridized carbons (Fsp3) is 0.538. The number of hydrogen-bond acceptors (Lipinski definition) is 3. The number of benzene rings is 1. The smallest absolute Gasteiger partial charge is 0.127 e. The Morgan fingerprint density at radius 2 is 2.19 bits per heavy atom. The van der Waals surface area contributed by atoms with Gasteiger partial charge in [0.05, 0.1) is 6.04 Å². The van der Waals surface area contributed by atoms with Crippen molar-refractivity contribution in [2.45, 2.75) is 31.8 Å². The molecular weight excluding hydrogens is 202 g/mol. The third kappa shape index (κ3) is 1.65. The van der Waals surface area contributed by atoms with Crippen LogP contribution in [0.15, 0.2) is 18.2 Å². The molecule has 16 heavy (non-hydrogen) atoms. The van der Waals surface area contributed by atoms with Gasteiger partial charge in [0, 0.05) is 17.7 Å². The van der Waals surface area contributed by atoms with Gasteiger partial charge in [-0.05, 0) is 30.9 Å². The van der Waals surface area contributed by atoms with Crippen LogP contribution in [-0.4, -0.2) is 17.8 Å². The molecule has 3 heteroatoms. The highest BCUT2D eigenvalue weighted by molar-refractivity contribution is 5.44. The van der Waals surface area contributed by atoms with Crippen molar-refractivity contribution in [2.75, 3.05) is 6.61 Å². The van der Waals surface area contributed by atoms with Gasteiger partial charge in [-0.1, -0.05) is 6.92 Å². The second kappa shape index (κ2) is 3.67. The Labute approximate surface area is 95.4 Å². The molecule has 1 unspecified atom stereocenters. The molecule has 3 rings (SSSR count). The molecule has 1 saturated carbocycles. The van der Waals surface area contributed by atoms with Crippen molar-refractivity contribution < 1.29 is 9.84 Å². The lowest BCUT2D eigenvalue weighted by Gasteiger charge is -2.35. The van der Waals surface area contributed by atoms with Gasteiger partial charge in [0.1, 0.15) is 18.1 Å². The Hall–Kier alpha value is -1.22. The van der Waals surface area contributed by atoms with E-state index in [4.69, 9.17) is 4.74 Å². The van der Waals surface area contributed by atoms with Crippen LogP contribution in [0.1, 0.15) is 31.4 Å². The molecule has 0 spiro atoms. The van der Waals surface area contributed by atoms with E-state index in [9.17, 15) is 5.11 Å². The minimum atomic E-state index is 0.275. The third-order valence-corrected chi connectivity index (χ3v) is 3.59. The summed E-state index contributed by atoms with van der Waals surface area (Å²) in [4.78, 5) is 0. The van der Waals surface area contributed by atoms with Crippen LogP contribution in [0.2, 0.25) is 0 Å². The summed E-state index contributed by atoms with van der Waals surface area (Å²) in [6.07, 6.45) is 2.54. The SMILES string of the molecule is CC1CC(NC2COc3cc(O)ccc32)C1. The zero-order valence-corrected chi connectivity index (χ0v) is 9.44. The van der Waals surface area contributed by atoms with Crippen molar-refractivity contribution in [3.05, 3.63) is 23.8 Å². The molecule has 1 aromatic rings. The minimum absolute atomic E-state index is 0.275. The van der Waals surface area contributed by atoms with Crippen molar-refractivity contribution in [3.63, 3.8) is 0 Å². The molecule has 0 bridgehead atoms. The van der Waals surface area contributed by atoms with E-state index >= 15 is 0 Å². The Balaban J connectivity index is 1.71. The van der Waals surface area contributed by atoms with E-state index in [1.165, 1.54) is 18.4 Å². The maximum atomic E-state index is 9.36. The molecule has 1 heterocycles. The second-order valence-corrected chi connectivity index (χ2v) is 5.03. The first-order valence-corrected chi connectivity index (χ1v) is 5.94. The fourth-order valence-electron chi connectivity index (χ4n) is 2.66. The number of phenols is 1.